The lowest BCUT2D eigenvalue weighted by Crippen LogP contribution is -2.42. The molecule has 2 aromatic heterocycles. The minimum atomic E-state index is -3.13. The number of carbonyl (C=O) groups excluding carboxylic acids is 1. The Kier molecular flexibility index (Phi) is 4.96. The predicted molar refractivity (Wildman–Crippen MR) is 108 cm³/mol. The van der Waals surface area contributed by atoms with Gasteiger partial charge in [0.05, 0.1) is 32.2 Å². The highest BCUT2D eigenvalue weighted by Crippen LogP contribution is 2.38. The van der Waals surface area contributed by atoms with Gasteiger partial charge in [-0.15, -0.1) is 0 Å². The van der Waals surface area contributed by atoms with Gasteiger partial charge in [0.25, 0.3) is 5.91 Å². The molecule has 1 N–H and O–H groups in total. The maximum absolute atomic E-state index is 14.7. The van der Waals surface area contributed by atoms with E-state index < -0.39 is 18.2 Å². The molecule has 1 aromatic carbocycles. The minimum absolute atomic E-state index is 0.00729. The second-order valence-electron chi connectivity index (χ2n) is 7.92. The molecule has 1 aliphatic carbocycles. The summed E-state index contributed by atoms with van der Waals surface area (Å²) in [5.74, 6) is -0.740. The van der Waals surface area contributed by atoms with Gasteiger partial charge in [0, 0.05) is 17.8 Å². The van der Waals surface area contributed by atoms with Gasteiger partial charge in [-0.1, -0.05) is 0 Å². The van der Waals surface area contributed by atoms with Gasteiger partial charge in [-0.2, -0.15) is 8.78 Å². The first-order valence-corrected chi connectivity index (χ1v) is 10.1. The lowest BCUT2D eigenvalue weighted by atomic mass is 9.95. The molecule has 10 heteroatoms. The highest BCUT2D eigenvalue weighted by atomic mass is 19.3. The van der Waals surface area contributed by atoms with E-state index in [2.05, 4.69) is 15.0 Å². The number of ether oxygens (including phenoxy) is 3. The van der Waals surface area contributed by atoms with Gasteiger partial charge in [-0.25, -0.2) is 9.37 Å². The molecule has 32 heavy (non-hydrogen) atoms. The van der Waals surface area contributed by atoms with Gasteiger partial charge in [0.1, 0.15) is 22.7 Å². The molecule has 0 atom stereocenters. The molecule has 0 unspecified atom stereocenters. The normalized spacial score (nSPS) is 17.3. The van der Waals surface area contributed by atoms with Crippen molar-refractivity contribution in [2.75, 3.05) is 20.3 Å². The smallest absolute Gasteiger partial charge is 0.387 e. The summed E-state index contributed by atoms with van der Waals surface area (Å²) in [5.41, 5.74) is 0.292. The van der Waals surface area contributed by atoms with Crippen molar-refractivity contribution in [3.05, 3.63) is 47.8 Å². The van der Waals surface area contributed by atoms with Gasteiger partial charge in [-0.3, -0.25) is 9.20 Å². The summed E-state index contributed by atoms with van der Waals surface area (Å²) in [4.78, 5) is 17.0. The molecule has 3 aromatic rings. The summed E-state index contributed by atoms with van der Waals surface area (Å²) in [5, 5.41) is 2.77. The number of imidazole rings is 1. The van der Waals surface area contributed by atoms with Crippen LogP contribution in [0.4, 0.5) is 13.2 Å². The Bertz CT molecular complexity index is 1190. The Morgan fingerprint density at radius 2 is 2.03 bits per heavy atom. The van der Waals surface area contributed by atoms with E-state index in [1.165, 1.54) is 19.4 Å². The number of nitrogens with zero attached hydrogens (tertiary/aromatic N) is 2. The fourth-order valence-electron chi connectivity index (χ4n) is 3.72. The van der Waals surface area contributed by atoms with Crippen LogP contribution in [0.1, 0.15) is 28.8 Å². The Morgan fingerprint density at radius 3 is 2.66 bits per heavy atom. The highest BCUT2D eigenvalue weighted by Gasteiger charge is 2.41. The first kappa shape index (κ1) is 20.6. The summed E-state index contributed by atoms with van der Waals surface area (Å²) in [6, 6.07) is 6.20. The average molecular weight is 447 g/mol. The van der Waals surface area contributed by atoms with Crippen LogP contribution in [0.5, 0.6) is 11.5 Å². The largest absolute Gasteiger partial charge is 0.496 e. The number of alkyl halides is 3. The molecule has 1 aliphatic heterocycles. The van der Waals surface area contributed by atoms with Crippen molar-refractivity contribution in [1.82, 2.24) is 14.7 Å². The van der Waals surface area contributed by atoms with Crippen molar-refractivity contribution in [2.24, 2.45) is 0 Å². The number of halogens is 3. The molecule has 0 bridgehead atoms. The highest BCUT2D eigenvalue weighted by molar-refractivity contribution is 6.01. The molecule has 1 saturated heterocycles. The van der Waals surface area contributed by atoms with E-state index in [0.717, 1.165) is 12.8 Å². The quantitative estimate of drug-likeness (QED) is 0.598. The van der Waals surface area contributed by atoms with E-state index in [1.54, 1.807) is 28.8 Å². The summed E-state index contributed by atoms with van der Waals surface area (Å²) in [6.07, 6.45) is 4.87. The number of amides is 1. The summed E-state index contributed by atoms with van der Waals surface area (Å²) in [7, 11) is 1.35. The van der Waals surface area contributed by atoms with Gasteiger partial charge in [0.2, 0.25) is 0 Å². The van der Waals surface area contributed by atoms with Gasteiger partial charge in [0.15, 0.2) is 5.67 Å². The number of carbonyl (C=O) groups is 1. The third-order valence-corrected chi connectivity index (χ3v) is 5.63. The lowest BCUT2D eigenvalue weighted by molar-refractivity contribution is -0.135. The topological polar surface area (TPSA) is 74.1 Å². The van der Waals surface area contributed by atoms with Crippen LogP contribution in [0.2, 0.25) is 0 Å². The molecule has 0 radical (unpaired) electrons. The number of aromatic nitrogens is 2. The standard InChI is InChI=1S/C22H20F3N3O4/c1-30-16-6-12(7-17(32-21(23)24)19(16)20(29)27-14-2-3-14)15-9-26-18-8-13(4-5-28(15)18)22(25)10-31-11-22/h4-9,14,21H,2-3,10-11H2,1H3,(H,27,29). The van der Waals surface area contributed by atoms with Crippen LogP contribution in [0, 0.1) is 0 Å². The summed E-state index contributed by atoms with van der Waals surface area (Å²) < 4.78 is 57.7. The van der Waals surface area contributed by atoms with Gasteiger partial charge in [-0.05, 0) is 42.7 Å². The molecule has 168 valence electrons. The molecule has 7 nitrogen and oxygen atoms in total. The Morgan fingerprint density at radius 1 is 1.28 bits per heavy atom. The molecule has 1 amide bonds. The second kappa shape index (κ2) is 7.70. The van der Waals surface area contributed by atoms with Crippen molar-refractivity contribution < 1.29 is 32.2 Å². The molecule has 3 heterocycles. The number of nitrogens with one attached hydrogen (secondary N) is 1. The van der Waals surface area contributed by atoms with Crippen molar-refractivity contribution in [2.45, 2.75) is 31.2 Å². The fourth-order valence-corrected chi connectivity index (χ4v) is 3.72. The number of benzene rings is 1. The lowest BCUT2D eigenvalue weighted by Gasteiger charge is -2.34. The van der Waals surface area contributed by atoms with Crippen LogP contribution < -0.4 is 14.8 Å². The van der Waals surface area contributed by atoms with E-state index in [0.29, 0.717) is 22.5 Å². The van der Waals surface area contributed by atoms with Gasteiger partial charge >= 0.3 is 6.61 Å². The first-order chi connectivity index (χ1) is 15.4. The van der Waals surface area contributed by atoms with Crippen LogP contribution in [0.25, 0.3) is 16.9 Å². The number of rotatable bonds is 7. The van der Waals surface area contributed by atoms with E-state index in [9.17, 15) is 18.0 Å². The van der Waals surface area contributed by atoms with Crippen molar-refractivity contribution >= 4 is 11.6 Å². The van der Waals surface area contributed by atoms with E-state index >= 15 is 0 Å². The number of fused-ring (bicyclic) bond motifs is 1. The summed E-state index contributed by atoms with van der Waals surface area (Å²) in [6.45, 7) is -3.14. The molecule has 1 saturated carbocycles. The zero-order valence-corrected chi connectivity index (χ0v) is 17.1. The van der Waals surface area contributed by atoms with Crippen LogP contribution in [-0.4, -0.2) is 48.3 Å². The first-order valence-electron chi connectivity index (χ1n) is 10.1. The van der Waals surface area contributed by atoms with Crippen LogP contribution in [0.15, 0.2) is 36.7 Å². The number of hydrogen-bond donors (Lipinski definition) is 1. The third-order valence-electron chi connectivity index (χ3n) is 5.63. The molecule has 5 rings (SSSR count). The van der Waals surface area contributed by atoms with Gasteiger partial charge < -0.3 is 19.5 Å². The molecule has 2 aliphatic rings. The predicted octanol–water partition coefficient (Wildman–Crippen LogP) is 3.70. The van der Waals surface area contributed by atoms with Crippen molar-refractivity contribution in [3.8, 4) is 22.8 Å². The molecular weight excluding hydrogens is 427 g/mol. The second-order valence-corrected chi connectivity index (χ2v) is 7.92. The zero-order chi connectivity index (χ0) is 22.5. The number of pyridine rings is 1. The summed E-state index contributed by atoms with van der Waals surface area (Å²) >= 11 is 0. The van der Waals surface area contributed by atoms with Crippen LogP contribution >= 0.6 is 0 Å². The van der Waals surface area contributed by atoms with Crippen LogP contribution in [0.3, 0.4) is 0 Å². The van der Waals surface area contributed by atoms with E-state index in [-0.39, 0.29) is 36.3 Å². The zero-order valence-electron chi connectivity index (χ0n) is 17.1. The monoisotopic (exact) mass is 447 g/mol. The van der Waals surface area contributed by atoms with E-state index in [4.69, 9.17) is 9.47 Å². The Hall–Kier alpha value is -3.27. The molecule has 2 fully saturated rings. The maximum Gasteiger partial charge on any atom is 0.387 e. The number of methoxy groups -OCH3 is 1. The Balaban J connectivity index is 1.58. The average Bonchev–Trinajstić information content (AvgIpc) is 3.45. The van der Waals surface area contributed by atoms with Crippen LogP contribution in [-0.2, 0) is 10.4 Å². The number of hydrogen-bond acceptors (Lipinski definition) is 5. The van der Waals surface area contributed by atoms with Crippen molar-refractivity contribution in [1.29, 1.82) is 0 Å². The van der Waals surface area contributed by atoms with Crippen molar-refractivity contribution in [3.63, 3.8) is 0 Å². The third kappa shape index (κ3) is 3.64. The SMILES string of the molecule is COc1cc(-c2cnc3cc(C4(F)COC4)ccn23)cc(OC(F)F)c1C(=O)NC1CC1. The maximum atomic E-state index is 14.7. The van der Waals surface area contributed by atoms with E-state index in [1.807, 2.05) is 0 Å². The minimum Gasteiger partial charge on any atom is -0.496 e. The molecular formula is C22H20F3N3O4. The Labute approximate surface area is 181 Å². The molecule has 0 spiro atoms. The fraction of sp³-hybridized carbons (Fsp3) is 0.364.